The summed E-state index contributed by atoms with van der Waals surface area (Å²) in [6.07, 6.45) is 2.01. The monoisotopic (exact) mass is 361 g/mol. The van der Waals surface area contributed by atoms with Gasteiger partial charge in [0, 0.05) is 49.3 Å². The molecular formula is C21H23N5O. The van der Waals surface area contributed by atoms with Gasteiger partial charge in [0.2, 0.25) is 5.88 Å². The van der Waals surface area contributed by atoms with Gasteiger partial charge in [0.15, 0.2) is 0 Å². The van der Waals surface area contributed by atoms with Crippen molar-refractivity contribution in [2.75, 3.05) is 13.1 Å². The lowest BCUT2D eigenvalue weighted by molar-refractivity contribution is 0.136. The fraction of sp³-hybridized carbons (Fsp3) is 0.381. The zero-order valence-electron chi connectivity index (χ0n) is 15.7. The van der Waals surface area contributed by atoms with Gasteiger partial charge in [0.25, 0.3) is 0 Å². The van der Waals surface area contributed by atoms with Gasteiger partial charge in [0.05, 0.1) is 11.4 Å². The molecule has 27 heavy (non-hydrogen) atoms. The summed E-state index contributed by atoms with van der Waals surface area (Å²) in [7, 11) is 0. The van der Waals surface area contributed by atoms with Crippen LogP contribution in [-0.2, 0) is 19.4 Å². The van der Waals surface area contributed by atoms with E-state index in [4.69, 9.17) is 9.72 Å². The summed E-state index contributed by atoms with van der Waals surface area (Å²) >= 11 is 0. The number of aromatic nitrogens is 4. The molecule has 2 aliphatic rings. The third kappa shape index (κ3) is 3.10. The summed E-state index contributed by atoms with van der Waals surface area (Å²) in [4.78, 5) is 19.7. The first-order chi connectivity index (χ1) is 13.2. The predicted octanol–water partition coefficient (Wildman–Crippen LogP) is 2.85. The van der Waals surface area contributed by atoms with E-state index in [0.29, 0.717) is 0 Å². The molecule has 0 saturated carbocycles. The Balaban J connectivity index is 1.28. The number of ether oxygens (including phenoxy) is 1. The molecule has 2 aliphatic heterocycles. The van der Waals surface area contributed by atoms with Crippen molar-refractivity contribution in [1.82, 2.24) is 24.8 Å². The van der Waals surface area contributed by atoms with Crippen LogP contribution in [0.25, 0.3) is 11.4 Å². The van der Waals surface area contributed by atoms with Crippen LogP contribution in [-0.4, -0.2) is 44.0 Å². The highest BCUT2D eigenvalue weighted by Crippen LogP contribution is 2.30. The van der Waals surface area contributed by atoms with Crippen LogP contribution in [0.3, 0.4) is 0 Å². The van der Waals surface area contributed by atoms with Crippen LogP contribution in [0, 0.1) is 13.8 Å². The fourth-order valence-corrected chi connectivity index (χ4v) is 4.09. The van der Waals surface area contributed by atoms with E-state index >= 15 is 0 Å². The summed E-state index contributed by atoms with van der Waals surface area (Å²) < 4.78 is 6.12. The Morgan fingerprint density at radius 1 is 1.15 bits per heavy atom. The minimum Gasteiger partial charge on any atom is -0.472 e. The molecule has 1 atom stereocenters. The van der Waals surface area contributed by atoms with Crippen LogP contribution >= 0.6 is 0 Å². The molecule has 0 aliphatic carbocycles. The molecule has 6 nitrogen and oxygen atoms in total. The predicted molar refractivity (Wildman–Crippen MR) is 103 cm³/mol. The van der Waals surface area contributed by atoms with E-state index in [1.165, 1.54) is 11.4 Å². The van der Waals surface area contributed by atoms with Crippen molar-refractivity contribution >= 4 is 0 Å². The highest BCUT2D eigenvalue weighted by Gasteiger charge is 2.30. The zero-order chi connectivity index (χ0) is 18.4. The van der Waals surface area contributed by atoms with Crippen LogP contribution in [0.5, 0.6) is 5.88 Å². The summed E-state index contributed by atoms with van der Waals surface area (Å²) in [5.41, 5.74) is 5.76. The quantitative estimate of drug-likeness (QED) is 0.777. The number of aryl methyl sites for hydroxylation is 2. The molecule has 0 saturated heterocycles. The lowest BCUT2D eigenvalue weighted by Crippen LogP contribution is -2.38. The molecule has 6 heteroatoms. The summed E-state index contributed by atoms with van der Waals surface area (Å²) in [6.45, 7) is 6.75. The SMILES string of the molecule is Cc1nc(C)c2c(n1)O[C@H](CN1CCc3nc(-c4ccccc4)[nH]c3C1)C2. The maximum absolute atomic E-state index is 6.12. The number of nitrogens with zero attached hydrogens (tertiary/aromatic N) is 4. The Morgan fingerprint density at radius 2 is 2.00 bits per heavy atom. The van der Waals surface area contributed by atoms with Gasteiger partial charge in [-0.1, -0.05) is 30.3 Å². The molecule has 0 spiro atoms. The molecule has 0 amide bonds. The van der Waals surface area contributed by atoms with Crippen molar-refractivity contribution < 1.29 is 4.74 Å². The molecular weight excluding hydrogens is 338 g/mol. The molecule has 0 fully saturated rings. The van der Waals surface area contributed by atoms with Gasteiger partial charge >= 0.3 is 0 Å². The van der Waals surface area contributed by atoms with E-state index in [2.05, 4.69) is 32.0 Å². The van der Waals surface area contributed by atoms with Gasteiger partial charge in [0.1, 0.15) is 17.8 Å². The minimum atomic E-state index is 0.146. The maximum atomic E-state index is 6.12. The Labute approximate surface area is 158 Å². The van der Waals surface area contributed by atoms with Crippen molar-refractivity contribution in [3.63, 3.8) is 0 Å². The van der Waals surface area contributed by atoms with Gasteiger partial charge in [-0.25, -0.2) is 9.97 Å². The van der Waals surface area contributed by atoms with Crippen molar-refractivity contribution in [2.24, 2.45) is 0 Å². The molecule has 0 bridgehead atoms. The fourth-order valence-electron chi connectivity index (χ4n) is 4.09. The maximum Gasteiger partial charge on any atom is 0.220 e. The van der Waals surface area contributed by atoms with Gasteiger partial charge in [-0.05, 0) is 13.8 Å². The zero-order valence-corrected chi connectivity index (χ0v) is 15.7. The first-order valence-electron chi connectivity index (χ1n) is 9.52. The number of benzene rings is 1. The van der Waals surface area contributed by atoms with E-state index in [1.54, 1.807) is 0 Å². The molecule has 138 valence electrons. The van der Waals surface area contributed by atoms with Gasteiger partial charge in [-0.3, -0.25) is 4.90 Å². The number of hydrogen-bond donors (Lipinski definition) is 1. The molecule has 1 aromatic carbocycles. The number of H-pyrrole nitrogens is 1. The highest BCUT2D eigenvalue weighted by molar-refractivity contribution is 5.55. The third-order valence-electron chi connectivity index (χ3n) is 5.42. The Morgan fingerprint density at radius 3 is 2.85 bits per heavy atom. The van der Waals surface area contributed by atoms with Crippen molar-refractivity contribution in [1.29, 1.82) is 0 Å². The second-order valence-electron chi connectivity index (χ2n) is 7.45. The van der Waals surface area contributed by atoms with Crippen LogP contribution in [0.2, 0.25) is 0 Å². The van der Waals surface area contributed by atoms with Crippen molar-refractivity contribution in [3.05, 3.63) is 58.8 Å². The number of hydrogen-bond acceptors (Lipinski definition) is 5. The number of nitrogens with one attached hydrogen (secondary N) is 1. The van der Waals surface area contributed by atoms with Crippen molar-refractivity contribution in [3.8, 4) is 17.3 Å². The summed E-state index contributed by atoms with van der Waals surface area (Å²) in [5.74, 6) is 2.52. The lowest BCUT2D eigenvalue weighted by atomic mass is 10.1. The van der Waals surface area contributed by atoms with Crippen LogP contribution in [0.1, 0.15) is 28.5 Å². The van der Waals surface area contributed by atoms with E-state index in [0.717, 1.165) is 66.8 Å². The average Bonchev–Trinajstić information content (AvgIpc) is 3.26. The number of imidazole rings is 1. The molecule has 0 radical (unpaired) electrons. The molecule has 1 N–H and O–H groups in total. The first kappa shape index (κ1) is 16.4. The first-order valence-corrected chi connectivity index (χ1v) is 9.52. The largest absolute Gasteiger partial charge is 0.472 e. The van der Waals surface area contributed by atoms with E-state index in [1.807, 2.05) is 32.0 Å². The smallest absolute Gasteiger partial charge is 0.220 e. The third-order valence-corrected chi connectivity index (χ3v) is 5.42. The van der Waals surface area contributed by atoms with Gasteiger partial charge in [-0.15, -0.1) is 0 Å². The molecule has 0 unspecified atom stereocenters. The van der Waals surface area contributed by atoms with Crippen LogP contribution in [0.4, 0.5) is 0 Å². The average molecular weight is 361 g/mol. The second kappa shape index (κ2) is 6.46. The Hall–Kier alpha value is -2.73. The molecule has 4 heterocycles. The van der Waals surface area contributed by atoms with E-state index in [-0.39, 0.29) is 6.10 Å². The molecule has 2 aromatic heterocycles. The van der Waals surface area contributed by atoms with Crippen LogP contribution in [0.15, 0.2) is 30.3 Å². The number of aromatic amines is 1. The molecule has 3 aromatic rings. The number of fused-ring (bicyclic) bond motifs is 2. The summed E-state index contributed by atoms with van der Waals surface area (Å²) in [6, 6.07) is 10.3. The van der Waals surface area contributed by atoms with Crippen LogP contribution < -0.4 is 4.74 Å². The van der Waals surface area contributed by atoms with E-state index < -0.39 is 0 Å². The topological polar surface area (TPSA) is 66.9 Å². The molecule has 5 rings (SSSR count). The Bertz CT molecular complexity index is 982. The van der Waals surface area contributed by atoms with Gasteiger partial charge in [-0.2, -0.15) is 4.98 Å². The van der Waals surface area contributed by atoms with Gasteiger partial charge < -0.3 is 9.72 Å². The minimum absolute atomic E-state index is 0.146. The standard InChI is InChI=1S/C21H23N5O/c1-13-17-10-16(27-21(17)23-14(2)22-13)11-26-9-8-18-19(12-26)25-20(24-18)15-6-4-3-5-7-15/h3-7,16H,8-12H2,1-2H3,(H,24,25)/t16-/m0/s1. The Kier molecular flexibility index (Phi) is 3.93. The summed E-state index contributed by atoms with van der Waals surface area (Å²) in [5, 5.41) is 0. The van der Waals surface area contributed by atoms with Crippen molar-refractivity contribution in [2.45, 2.75) is 39.3 Å². The highest BCUT2D eigenvalue weighted by atomic mass is 16.5. The van der Waals surface area contributed by atoms with E-state index in [9.17, 15) is 0 Å². The second-order valence-corrected chi connectivity index (χ2v) is 7.45. The number of rotatable bonds is 3. The lowest BCUT2D eigenvalue weighted by Gasteiger charge is -2.28. The normalized spacial score (nSPS) is 18.8.